The third-order valence-electron chi connectivity index (χ3n) is 3.56. The second-order valence-corrected chi connectivity index (χ2v) is 5.51. The van der Waals surface area contributed by atoms with E-state index < -0.39 is 12.1 Å². The molecular weight excluding hydrogens is 304 g/mol. The van der Waals surface area contributed by atoms with Crippen LogP contribution in [0.2, 0.25) is 0 Å². The third kappa shape index (κ3) is 5.39. The van der Waals surface area contributed by atoms with Crippen molar-refractivity contribution in [1.29, 1.82) is 0 Å². The summed E-state index contributed by atoms with van der Waals surface area (Å²) in [5, 5.41) is 0. The van der Waals surface area contributed by atoms with Gasteiger partial charge in [-0.15, -0.1) is 0 Å². The Bertz CT molecular complexity index is 632. The van der Waals surface area contributed by atoms with E-state index in [1.807, 2.05) is 31.2 Å². The average Bonchev–Trinajstić information content (AvgIpc) is 2.60. The first kappa shape index (κ1) is 18.0. The molecule has 0 bridgehead atoms. The Morgan fingerprint density at radius 3 is 2.12 bits per heavy atom. The van der Waals surface area contributed by atoms with Gasteiger partial charge in [-0.25, -0.2) is 4.79 Å². The van der Waals surface area contributed by atoms with E-state index in [1.165, 1.54) is 5.56 Å². The Kier molecular flexibility index (Phi) is 6.82. The summed E-state index contributed by atoms with van der Waals surface area (Å²) in [4.78, 5) is 11.8. The summed E-state index contributed by atoms with van der Waals surface area (Å²) >= 11 is 0. The van der Waals surface area contributed by atoms with Gasteiger partial charge in [-0.05, 0) is 44.0 Å². The van der Waals surface area contributed by atoms with Crippen LogP contribution in [0.1, 0.15) is 19.4 Å². The predicted molar refractivity (Wildman–Crippen MR) is 94.2 cm³/mol. The van der Waals surface area contributed by atoms with Gasteiger partial charge in [-0.1, -0.05) is 42.0 Å². The number of ether oxygens (including phenoxy) is 3. The number of carbonyl (C=O) groups is 1. The van der Waals surface area contributed by atoms with E-state index in [2.05, 4.69) is 31.2 Å². The molecule has 2 aromatic carbocycles. The van der Waals surface area contributed by atoms with Crippen molar-refractivity contribution in [3.05, 3.63) is 54.1 Å². The normalized spacial score (nSPS) is 11.8. The van der Waals surface area contributed by atoms with Crippen molar-refractivity contribution in [3.63, 3.8) is 0 Å². The molecule has 0 saturated heterocycles. The van der Waals surface area contributed by atoms with Crippen LogP contribution in [0.5, 0.6) is 5.75 Å². The number of benzene rings is 2. The molecule has 0 unspecified atom stereocenters. The Morgan fingerprint density at radius 1 is 0.958 bits per heavy atom. The van der Waals surface area contributed by atoms with E-state index in [0.29, 0.717) is 19.0 Å². The van der Waals surface area contributed by atoms with Crippen molar-refractivity contribution in [1.82, 2.24) is 0 Å². The van der Waals surface area contributed by atoms with Crippen LogP contribution in [0.25, 0.3) is 11.1 Å². The predicted octanol–water partition coefficient (Wildman–Crippen LogP) is 4.01. The number of esters is 1. The zero-order chi connectivity index (χ0) is 17.4. The van der Waals surface area contributed by atoms with Gasteiger partial charge in [0.1, 0.15) is 12.4 Å². The van der Waals surface area contributed by atoms with Crippen LogP contribution in [-0.2, 0) is 14.3 Å². The fourth-order valence-electron chi connectivity index (χ4n) is 2.19. The highest BCUT2D eigenvalue weighted by Gasteiger charge is 2.16. The maximum absolute atomic E-state index is 11.8. The molecule has 0 heterocycles. The van der Waals surface area contributed by atoms with Gasteiger partial charge in [0.05, 0.1) is 6.61 Å². The maximum atomic E-state index is 11.8. The molecule has 4 nitrogen and oxygen atoms in total. The van der Waals surface area contributed by atoms with Crippen LogP contribution in [0.15, 0.2) is 48.5 Å². The second kappa shape index (κ2) is 9.08. The largest absolute Gasteiger partial charge is 0.479 e. The molecule has 0 fully saturated rings. The highest BCUT2D eigenvalue weighted by atomic mass is 16.6. The van der Waals surface area contributed by atoms with Crippen molar-refractivity contribution in [3.8, 4) is 16.9 Å². The molecule has 0 saturated carbocycles. The maximum Gasteiger partial charge on any atom is 0.347 e. The average molecular weight is 328 g/mol. The minimum Gasteiger partial charge on any atom is -0.479 e. The zero-order valence-electron chi connectivity index (χ0n) is 14.5. The molecule has 0 aliphatic heterocycles. The molecule has 4 heteroatoms. The first-order valence-electron chi connectivity index (χ1n) is 8.18. The molecular formula is C20H24O4. The molecule has 0 N–H and O–H groups in total. The summed E-state index contributed by atoms with van der Waals surface area (Å²) in [6, 6.07) is 16.0. The van der Waals surface area contributed by atoms with Gasteiger partial charge in [-0.3, -0.25) is 0 Å². The number of rotatable bonds is 8. The van der Waals surface area contributed by atoms with Gasteiger partial charge in [-0.2, -0.15) is 0 Å². The van der Waals surface area contributed by atoms with Gasteiger partial charge in [0, 0.05) is 6.61 Å². The van der Waals surface area contributed by atoms with Crippen LogP contribution in [0, 0.1) is 6.92 Å². The van der Waals surface area contributed by atoms with Gasteiger partial charge in [0.2, 0.25) is 0 Å². The summed E-state index contributed by atoms with van der Waals surface area (Å²) in [5.74, 6) is 0.248. The van der Waals surface area contributed by atoms with Crippen LogP contribution < -0.4 is 4.74 Å². The number of carbonyl (C=O) groups excluding carboxylic acids is 1. The van der Waals surface area contributed by atoms with Crippen LogP contribution in [0.3, 0.4) is 0 Å². The Labute approximate surface area is 143 Å². The summed E-state index contributed by atoms with van der Waals surface area (Å²) in [6.07, 6.45) is -0.656. The molecule has 2 rings (SSSR count). The standard InChI is InChI=1S/C20H24O4/c1-4-22-13-14-23-20(21)16(3)24-19-11-9-18(10-12-19)17-7-5-15(2)6-8-17/h5-12,16H,4,13-14H2,1-3H3/t16-/m1/s1. The van der Waals surface area contributed by atoms with E-state index in [0.717, 1.165) is 11.1 Å². The lowest BCUT2D eigenvalue weighted by Gasteiger charge is -2.14. The van der Waals surface area contributed by atoms with Crippen molar-refractivity contribution >= 4 is 5.97 Å². The lowest BCUT2D eigenvalue weighted by atomic mass is 10.0. The van der Waals surface area contributed by atoms with Crippen molar-refractivity contribution in [2.24, 2.45) is 0 Å². The summed E-state index contributed by atoms with van der Waals surface area (Å²) in [7, 11) is 0. The Hall–Kier alpha value is -2.33. The first-order valence-corrected chi connectivity index (χ1v) is 8.18. The Morgan fingerprint density at radius 2 is 1.54 bits per heavy atom. The van der Waals surface area contributed by atoms with Gasteiger partial charge in [0.15, 0.2) is 6.10 Å². The molecule has 1 atom stereocenters. The van der Waals surface area contributed by atoms with E-state index in [1.54, 1.807) is 6.92 Å². The van der Waals surface area contributed by atoms with Crippen molar-refractivity contribution in [2.45, 2.75) is 26.9 Å². The number of aryl methyl sites for hydroxylation is 1. The Balaban J connectivity index is 1.88. The van der Waals surface area contributed by atoms with E-state index in [-0.39, 0.29) is 6.61 Å². The van der Waals surface area contributed by atoms with E-state index in [9.17, 15) is 4.79 Å². The quantitative estimate of drug-likeness (QED) is 0.542. The van der Waals surface area contributed by atoms with Gasteiger partial charge >= 0.3 is 5.97 Å². The lowest BCUT2D eigenvalue weighted by molar-refractivity contribution is -0.152. The smallest absolute Gasteiger partial charge is 0.347 e. The molecule has 24 heavy (non-hydrogen) atoms. The fourth-order valence-corrected chi connectivity index (χ4v) is 2.19. The summed E-state index contributed by atoms with van der Waals surface area (Å²) < 4.78 is 15.8. The van der Waals surface area contributed by atoms with E-state index in [4.69, 9.17) is 14.2 Å². The molecule has 0 spiro atoms. The minimum atomic E-state index is -0.656. The molecule has 0 radical (unpaired) electrons. The number of hydrogen-bond donors (Lipinski definition) is 0. The minimum absolute atomic E-state index is 0.243. The second-order valence-electron chi connectivity index (χ2n) is 5.51. The fraction of sp³-hybridized carbons (Fsp3) is 0.350. The topological polar surface area (TPSA) is 44.8 Å². The number of hydrogen-bond acceptors (Lipinski definition) is 4. The molecule has 0 aromatic heterocycles. The zero-order valence-corrected chi connectivity index (χ0v) is 14.5. The highest BCUT2D eigenvalue weighted by molar-refractivity contribution is 5.74. The van der Waals surface area contributed by atoms with Crippen LogP contribution in [-0.4, -0.2) is 31.9 Å². The third-order valence-corrected chi connectivity index (χ3v) is 3.56. The van der Waals surface area contributed by atoms with Crippen molar-refractivity contribution < 1.29 is 19.0 Å². The lowest BCUT2D eigenvalue weighted by Crippen LogP contribution is -2.27. The monoisotopic (exact) mass is 328 g/mol. The molecule has 0 amide bonds. The SMILES string of the molecule is CCOCCOC(=O)[C@@H](C)Oc1ccc(-c2ccc(C)cc2)cc1. The van der Waals surface area contributed by atoms with Gasteiger partial charge < -0.3 is 14.2 Å². The van der Waals surface area contributed by atoms with Crippen molar-refractivity contribution in [2.75, 3.05) is 19.8 Å². The highest BCUT2D eigenvalue weighted by Crippen LogP contribution is 2.23. The van der Waals surface area contributed by atoms with Crippen LogP contribution in [0.4, 0.5) is 0 Å². The molecule has 0 aliphatic carbocycles. The summed E-state index contributed by atoms with van der Waals surface area (Å²) in [5.41, 5.74) is 3.49. The first-order chi connectivity index (χ1) is 11.6. The van der Waals surface area contributed by atoms with Crippen LogP contribution >= 0.6 is 0 Å². The summed E-state index contributed by atoms with van der Waals surface area (Å²) in [6.45, 7) is 6.89. The molecule has 2 aromatic rings. The van der Waals surface area contributed by atoms with Gasteiger partial charge in [0.25, 0.3) is 0 Å². The molecule has 128 valence electrons. The molecule has 0 aliphatic rings. The van der Waals surface area contributed by atoms with E-state index >= 15 is 0 Å².